The number of rotatable bonds is 2. The number of aromatic nitrogens is 2. The van der Waals surface area contributed by atoms with E-state index < -0.39 is 18.4 Å². The van der Waals surface area contributed by atoms with Crippen molar-refractivity contribution < 1.29 is 18.0 Å². The lowest BCUT2D eigenvalue weighted by molar-refractivity contribution is -0.170. The van der Waals surface area contributed by atoms with Crippen molar-refractivity contribution in [2.45, 2.75) is 19.5 Å². The lowest BCUT2D eigenvalue weighted by atomic mass is 10.2. The summed E-state index contributed by atoms with van der Waals surface area (Å²) in [6, 6.07) is 3.51. The van der Waals surface area contributed by atoms with Crippen molar-refractivity contribution in [3.8, 4) is 0 Å². The number of alkyl halides is 3. The van der Waals surface area contributed by atoms with Crippen LogP contribution < -0.4 is 0 Å². The van der Waals surface area contributed by atoms with Crippen molar-refractivity contribution >= 4 is 32.7 Å². The predicted octanol–water partition coefficient (Wildman–Crippen LogP) is 3.31. The summed E-state index contributed by atoms with van der Waals surface area (Å²) in [4.78, 5) is 17.6. The van der Waals surface area contributed by atoms with E-state index in [0.29, 0.717) is 11.0 Å². The molecule has 1 aromatic heterocycles. The van der Waals surface area contributed by atoms with E-state index in [1.54, 1.807) is 19.1 Å². The average Bonchev–Trinajstić information content (AvgIpc) is 2.58. The second-order valence-electron chi connectivity index (χ2n) is 3.90. The molecule has 0 saturated carbocycles. The van der Waals surface area contributed by atoms with Crippen LogP contribution in [0.1, 0.15) is 11.4 Å². The molecule has 0 unspecified atom stereocenters. The molecule has 1 aromatic carbocycles. The van der Waals surface area contributed by atoms with Crippen LogP contribution in [0, 0.1) is 6.92 Å². The number of aromatic amines is 1. The number of benzene rings is 1. The van der Waals surface area contributed by atoms with Crippen LogP contribution in [0.25, 0.3) is 11.0 Å². The number of carbonyl (C=O) groups is 1. The first kappa shape index (κ1) is 13.1. The fraction of sp³-hybridized carbons (Fsp3) is 0.273. The average molecular weight is 321 g/mol. The number of halogens is 4. The van der Waals surface area contributed by atoms with Gasteiger partial charge >= 0.3 is 6.18 Å². The van der Waals surface area contributed by atoms with Gasteiger partial charge in [-0.05, 0) is 24.6 Å². The van der Waals surface area contributed by atoms with Crippen molar-refractivity contribution in [1.29, 1.82) is 0 Å². The molecule has 0 saturated heterocycles. The molecule has 0 atom stereocenters. The molecular formula is C11H8BrF3N2O. The van der Waals surface area contributed by atoms with Gasteiger partial charge in [-0.1, -0.05) is 15.9 Å². The molecule has 1 heterocycles. The van der Waals surface area contributed by atoms with Crippen LogP contribution >= 0.6 is 15.9 Å². The predicted molar refractivity (Wildman–Crippen MR) is 63.3 cm³/mol. The number of imidazole rings is 1. The molecule has 0 amide bonds. The van der Waals surface area contributed by atoms with Gasteiger partial charge in [-0.3, -0.25) is 4.79 Å². The van der Waals surface area contributed by atoms with Crippen molar-refractivity contribution in [3.63, 3.8) is 0 Å². The number of hydrogen-bond acceptors (Lipinski definition) is 2. The lowest BCUT2D eigenvalue weighted by Gasteiger charge is -2.01. The summed E-state index contributed by atoms with van der Waals surface area (Å²) >= 11 is 3.28. The molecule has 2 rings (SSSR count). The number of Topliss-reactive ketones (excluding diaryl/α,β-unsaturated/α-hetero) is 1. The maximum absolute atomic E-state index is 12.1. The van der Waals surface area contributed by atoms with Gasteiger partial charge < -0.3 is 4.98 Å². The van der Waals surface area contributed by atoms with Crippen molar-refractivity contribution in [2.24, 2.45) is 0 Å². The lowest BCUT2D eigenvalue weighted by Crippen LogP contribution is -2.24. The van der Waals surface area contributed by atoms with E-state index in [9.17, 15) is 18.0 Å². The van der Waals surface area contributed by atoms with Crippen molar-refractivity contribution in [2.75, 3.05) is 0 Å². The van der Waals surface area contributed by atoms with Gasteiger partial charge in [0.15, 0.2) is 0 Å². The number of hydrogen-bond donors (Lipinski definition) is 1. The van der Waals surface area contributed by atoms with Crippen molar-refractivity contribution in [3.05, 3.63) is 28.0 Å². The first-order valence-electron chi connectivity index (χ1n) is 5.02. The Morgan fingerprint density at radius 3 is 2.72 bits per heavy atom. The summed E-state index contributed by atoms with van der Waals surface area (Å²) in [5.41, 5.74) is 2.00. The zero-order valence-corrected chi connectivity index (χ0v) is 10.8. The van der Waals surface area contributed by atoms with E-state index in [1.807, 2.05) is 0 Å². The SMILES string of the molecule is Cc1cc(Br)cc2[nH]c(CC(=O)C(F)(F)F)nc12. The third kappa shape index (κ3) is 2.55. The molecule has 3 nitrogen and oxygen atoms in total. The smallest absolute Gasteiger partial charge is 0.342 e. The molecule has 0 aliphatic rings. The highest BCUT2D eigenvalue weighted by atomic mass is 79.9. The maximum Gasteiger partial charge on any atom is 0.450 e. The molecule has 7 heteroatoms. The van der Waals surface area contributed by atoms with Crippen LogP contribution in [0.15, 0.2) is 16.6 Å². The number of nitrogens with zero attached hydrogens (tertiary/aromatic N) is 1. The third-order valence-corrected chi connectivity index (χ3v) is 2.89. The summed E-state index contributed by atoms with van der Waals surface area (Å²) in [7, 11) is 0. The van der Waals surface area contributed by atoms with Gasteiger partial charge in [-0.25, -0.2) is 4.98 Å². The van der Waals surface area contributed by atoms with Gasteiger partial charge in [0.2, 0.25) is 5.78 Å². The Morgan fingerprint density at radius 1 is 1.44 bits per heavy atom. The Balaban J connectivity index is 2.37. The highest BCUT2D eigenvalue weighted by molar-refractivity contribution is 9.10. The minimum atomic E-state index is -4.82. The fourth-order valence-corrected chi connectivity index (χ4v) is 2.21. The third-order valence-electron chi connectivity index (χ3n) is 2.44. The molecule has 96 valence electrons. The van der Waals surface area contributed by atoms with Gasteiger partial charge in [0, 0.05) is 4.47 Å². The number of nitrogens with one attached hydrogen (secondary N) is 1. The van der Waals surface area contributed by atoms with Crippen LogP contribution in [0.4, 0.5) is 13.2 Å². The minimum absolute atomic E-state index is 0.0218. The van der Waals surface area contributed by atoms with Crippen LogP contribution in [-0.4, -0.2) is 21.9 Å². The Morgan fingerprint density at radius 2 is 2.11 bits per heavy atom. The summed E-state index contributed by atoms with van der Waals surface area (Å²) in [5.74, 6) is -1.79. The summed E-state index contributed by atoms with van der Waals surface area (Å²) in [6.07, 6.45) is -5.59. The Bertz CT molecular complexity index is 619. The molecule has 0 spiro atoms. The highest BCUT2D eigenvalue weighted by Crippen LogP contribution is 2.23. The zero-order valence-electron chi connectivity index (χ0n) is 9.23. The monoisotopic (exact) mass is 320 g/mol. The van der Waals surface area contributed by atoms with E-state index in [0.717, 1.165) is 10.0 Å². The minimum Gasteiger partial charge on any atom is -0.342 e. The summed E-state index contributed by atoms with van der Waals surface area (Å²) < 4.78 is 37.2. The van der Waals surface area contributed by atoms with Gasteiger partial charge in [-0.15, -0.1) is 0 Å². The number of H-pyrrole nitrogens is 1. The summed E-state index contributed by atoms with van der Waals surface area (Å²) in [5, 5.41) is 0. The van der Waals surface area contributed by atoms with E-state index >= 15 is 0 Å². The quantitative estimate of drug-likeness (QED) is 0.922. The standard InChI is InChI=1S/C11H8BrF3N2O/c1-5-2-6(12)3-7-10(5)17-9(16-7)4-8(18)11(13,14)15/h2-3H,4H2,1H3,(H,16,17). The van der Waals surface area contributed by atoms with Crippen LogP contribution in [0.2, 0.25) is 0 Å². The molecule has 0 radical (unpaired) electrons. The first-order chi connectivity index (χ1) is 8.27. The van der Waals surface area contributed by atoms with E-state index in [2.05, 4.69) is 25.9 Å². The Labute approximate surface area is 109 Å². The molecule has 1 N–H and O–H groups in total. The molecule has 18 heavy (non-hydrogen) atoms. The van der Waals surface area contributed by atoms with Gasteiger partial charge in [0.1, 0.15) is 5.82 Å². The second kappa shape index (κ2) is 4.38. The highest BCUT2D eigenvalue weighted by Gasteiger charge is 2.38. The first-order valence-corrected chi connectivity index (χ1v) is 5.81. The molecule has 0 aliphatic heterocycles. The number of fused-ring (bicyclic) bond motifs is 1. The molecule has 2 aromatic rings. The number of aryl methyl sites for hydroxylation is 1. The van der Waals surface area contributed by atoms with E-state index in [1.165, 1.54) is 0 Å². The molecule has 0 aliphatic carbocycles. The molecular weight excluding hydrogens is 313 g/mol. The summed E-state index contributed by atoms with van der Waals surface area (Å²) in [6.45, 7) is 1.79. The number of ketones is 1. The Kier molecular flexibility index (Phi) is 3.18. The van der Waals surface area contributed by atoms with Gasteiger partial charge in [-0.2, -0.15) is 13.2 Å². The molecule has 0 fully saturated rings. The van der Waals surface area contributed by atoms with Crippen LogP contribution in [0.3, 0.4) is 0 Å². The number of carbonyl (C=O) groups excluding carboxylic acids is 1. The van der Waals surface area contributed by atoms with Crippen molar-refractivity contribution in [1.82, 2.24) is 9.97 Å². The maximum atomic E-state index is 12.1. The fourth-order valence-electron chi connectivity index (χ4n) is 1.63. The van der Waals surface area contributed by atoms with Crippen LogP contribution in [0.5, 0.6) is 0 Å². The van der Waals surface area contributed by atoms with E-state index in [-0.39, 0.29) is 5.82 Å². The normalized spacial score (nSPS) is 12.1. The topological polar surface area (TPSA) is 45.8 Å². The van der Waals surface area contributed by atoms with Crippen LogP contribution in [-0.2, 0) is 11.2 Å². The second-order valence-corrected chi connectivity index (χ2v) is 4.82. The molecule has 0 bridgehead atoms. The van der Waals surface area contributed by atoms with Gasteiger partial charge in [0.05, 0.1) is 17.5 Å². The largest absolute Gasteiger partial charge is 0.450 e. The zero-order chi connectivity index (χ0) is 13.5. The Hall–Kier alpha value is -1.37. The van der Waals surface area contributed by atoms with Gasteiger partial charge in [0.25, 0.3) is 0 Å². The van der Waals surface area contributed by atoms with E-state index in [4.69, 9.17) is 0 Å².